The maximum absolute atomic E-state index is 2.48. The molecule has 9 aromatic rings. The summed E-state index contributed by atoms with van der Waals surface area (Å²) < 4.78 is 5.43. The molecule has 0 radical (unpaired) electrons. The van der Waals surface area contributed by atoms with E-state index in [0.717, 1.165) is 12.8 Å². The first-order valence-corrected chi connectivity index (χ1v) is 17.0. The van der Waals surface area contributed by atoms with Gasteiger partial charge < -0.3 is 0 Å². The summed E-state index contributed by atoms with van der Waals surface area (Å²) in [5.41, 5.74) is 5.31. The molecule has 0 amide bonds. The molecule has 0 N–H and O–H groups in total. The highest BCUT2D eigenvalue weighted by Crippen LogP contribution is 2.42. The van der Waals surface area contributed by atoms with Crippen LogP contribution in [0, 0.1) is 0 Å². The second-order valence-corrected chi connectivity index (χ2v) is 14.1. The van der Waals surface area contributed by atoms with Crippen LogP contribution in [0.5, 0.6) is 0 Å². The largest absolute Gasteiger partial charge is 0.135 e. The number of hydrogen-bond acceptors (Lipinski definition) is 2. The first-order valence-electron chi connectivity index (χ1n) is 15.3. The Labute approximate surface area is 262 Å². The van der Waals surface area contributed by atoms with Gasteiger partial charge in [0, 0.05) is 40.3 Å². The summed E-state index contributed by atoms with van der Waals surface area (Å²) in [6, 6.07) is 45.5. The maximum atomic E-state index is 2.48. The molecule has 2 aromatic heterocycles. The van der Waals surface area contributed by atoms with Crippen molar-refractivity contribution in [1.29, 1.82) is 0 Å². The van der Waals surface area contributed by atoms with Crippen LogP contribution in [0.1, 0.15) is 12.8 Å². The van der Waals surface area contributed by atoms with Gasteiger partial charge in [-0.15, -0.1) is 22.7 Å². The molecular weight excluding hydrogens is 569 g/mol. The molecule has 0 saturated heterocycles. The molecule has 0 aliphatic heterocycles. The molecule has 0 unspecified atom stereocenters. The molecule has 0 atom stereocenters. The topological polar surface area (TPSA) is 0 Å². The van der Waals surface area contributed by atoms with E-state index >= 15 is 0 Å². The maximum Gasteiger partial charge on any atom is 0.0361 e. The van der Waals surface area contributed by atoms with Crippen molar-refractivity contribution >= 4 is 96.7 Å². The summed E-state index contributed by atoms with van der Waals surface area (Å²) in [5, 5.41) is 13.5. The lowest BCUT2D eigenvalue weighted by molar-refractivity contribution is 1.12. The van der Waals surface area contributed by atoms with Gasteiger partial charge >= 0.3 is 0 Å². The van der Waals surface area contributed by atoms with Crippen molar-refractivity contribution in [2.75, 3.05) is 0 Å². The van der Waals surface area contributed by atoms with Gasteiger partial charge in [0.15, 0.2) is 0 Å². The Hall–Kier alpha value is -4.76. The van der Waals surface area contributed by atoms with E-state index in [-0.39, 0.29) is 0 Å². The van der Waals surface area contributed by atoms with Crippen LogP contribution >= 0.6 is 22.7 Å². The zero-order valence-corrected chi connectivity index (χ0v) is 25.6. The van der Waals surface area contributed by atoms with Gasteiger partial charge in [0.05, 0.1) is 0 Å². The third-order valence-electron chi connectivity index (χ3n) is 9.43. The smallest absolute Gasteiger partial charge is 0.0361 e. The highest BCUT2D eigenvalue weighted by Gasteiger charge is 2.17. The molecule has 2 heteroatoms. The normalized spacial score (nSPS) is 13.2. The second-order valence-electron chi connectivity index (χ2n) is 11.9. The minimum atomic E-state index is 1.08. The van der Waals surface area contributed by atoms with Crippen LogP contribution < -0.4 is 10.4 Å². The average molecular weight is 595 g/mol. The zero-order chi connectivity index (χ0) is 28.8. The van der Waals surface area contributed by atoms with E-state index in [1.54, 1.807) is 0 Å². The summed E-state index contributed by atoms with van der Waals surface area (Å²) in [6.45, 7) is 0. The van der Waals surface area contributed by atoms with Crippen LogP contribution in [0.4, 0.5) is 0 Å². The van der Waals surface area contributed by atoms with Crippen LogP contribution in [-0.2, 0) is 0 Å². The lowest BCUT2D eigenvalue weighted by Crippen LogP contribution is -2.31. The lowest BCUT2D eigenvalue weighted by Gasteiger charge is -2.17. The Morgan fingerprint density at radius 3 is 1.57 bits per heavy atom. The summed E-state index contributed by atoms with van der Waals surface area (Å²) in [4.78, 5) is 0. The van der Waals surface area contributed by atoms with Crippen LogP contribution in [-0.4, -0.2) is 0 Å². The van der Waals surface area contributed by atoms with Crippen LogP contribution in [0.2, 0.25) is 0 Å². The highest BCUT2D eigenvalue weighted by molar-refractivity contribution is 7.26. The second kappa shape index (κ2) is 9.37. The Morgan fingerprint density at radius 2 is 0.886 bits per heavy atom. The molecule has 10 rings (SSSR count). The fraction of sp³-hybridized carbons (Fsp3) is 0.0476. The molecule has 0 saturated carbocycles. The molecule has 0 bridgehead atoms. The van der Waals surface area contributed by atoms with Gasteiger partial charge in [0.25, 0.3) is 0 Å². The SMILES string of the molecule is C1=c2c(-c3ccccc3)c3ccccc3c(-c3ccc4sc5cc6cc7c(cc6cc5c4c3)sc3ccccc37)c2=CCC1. The first-order chi connectivity index (χ1) is 21.8. The minimum Gasteiger partial charge on any atom is -0.135 e. The third-order valence-corrected chi connectivity index (χ3v) is 11.7. The first kappa shape index (κ1) is 24.7. The quantitative estimate of drug-likeness (QED) is 0.187. The molecule has 0 nitrogen and oxygen atoms in total. The van der Waals surface area contributed by atoms with Gasteiger partial charge in [-0.3, -0.25) is 0 Å². The summed E-state index contributed by atoms with van der Waals surface area (Å²) in [5.74, 6) is 0. The third kappa shape index (κ3) is 3.56. The van der Waals surface area contributed by atoms with Crippen LogP contribution in [0.15, 0.2) is 121 Å². The van der Waals surface area contributed by atoms with Crippen molar-refractivity contribution in [1.82, 2.24) is 0 Å². The van der Waals surface area contributed by atoms with Crippen molar-refractivity contribution in [2.24, 2.45) is 0 Å². The van der Waals surface area contributed by atoms with Gasteiger partial charge in [0.2, 0.25) is 0 Å². The summed E-state index contributed by atoms with van der Waals surface area (Å²) >= 11 is 3.81. The van der Waals surface area contributed by atoms with E-state index < -0.39 is 0 Å². The number of fused-ring (bicyclic) bond motifs is 9. The minimum absolute atomic E-state index is 1.08. The monoisotopic (exact) mass is 594 g/mol. The molecule has 0 spiro atoms. The molecule has 206 valence electrons. The van der Waals surface area contributed by atoms with Crippen molar-refractivity contribution in [2.45, 2.75) is 12.8 Å². The van der Waals surface area contributed by atoms with Crippen molar-refractivity contribution in [3.63, 3.8) is 0 Å². The number of rotatable bonds is 2. The predicted octanol–water partition coefficient (Wildman–Crippen LogP) is 11.4. The van der Waals surface area contributed by atoms with Gasteiger partial charge in [0.1, 0.15) is 0 Å². The fourth-order valence-electron chi connectivity index (χ4n) is 7.48. The number of benzene rings is 7. The molecule has 1 aliphatic rings. The number of hydrogen-bond donors (Lipinski definition) is 0. The Balaban J connectivity index is 1.25. The molecular formula is C42H26S2. The molecule has 44 heavy (non-hydrogen) atoms. The fourth-order valence-corrected chi connectivity index (χ4v) is 9.74. The van der Waals surface area contributed by atoms with Crippen LogP contribution in [0.25, 0.3) is 96.3 Å². The van der Waals surface area contributed by atoms with Crippen molar-refractivity contribution in [3.8, 4) is 22.3 Å². The zero-order valence-electron chi connectivity index (χ0n) is 23.9. The molecule has 2 heterocycles. The van der Waals surface area contributed by atoms with Gasteiger partial charge in [-0.1, -0.05) is 91.0 Å². The van der Waals surface area contributed by atoms with E-state index in [1.165, 1.54) is 94.6 Å². The Morgan fingerprint density at radius 1 is 0.364 bits per heavy atom. The Kier molecular flexibility index (Phi) is 5.25. The van der Waals surface area contributed by atoms with Crippen molar-refractivity contribution in [3.05, 3.63) is 132 Å². The van der Waals surface area contributed by atoms with Crippen LogP contribution in [0.3, 0.4) is 0 Å². The van der Waals surface area contributed by atoms with E-state index in [4.69, 9.17) is 0 Å². The standard InChI is InChI=1S/C42H26S2/c1-2-10-25(11-3-1)41-30-13-4-6-15-32(30)42(33-16-7-5-14-31(33)41)26-18-19-38-35(20-26)36-22-28-23-39-34(21-27(28)24-40(36)44-38)29-12-8-9-17-37(29)43-39/h1-4,6,8-24H,5,7H2. The van der Waals surface area contributed by atoms with Gasteiger partial charge in [-0.25, -0.2) is 0 Å². The van der Waals surface area contributed by atoms with E-state index in [1.807, 2.05) is 22.7 Å². The predicted molar refractivity (Wildman–Crippen MR) is 196 cm³/mol. The average Bonchev–Trinajstić information content (AvgIpc) is 3.62. The summed E-state index contributed by atoms with van der Waals surface area (Å²) in [6.07, 6.45) is 7.10. The van der Waals surface area contributed by atoms with E-state index in [2.05, 4.69) is 133 Å². The molecule has 1 aliphatic carbocycles. The highest BCUT2D eigenvalue weighted by atomic mass is 32.1. The molecule has 7 aromatic carbocycles. The van der Waals surface area contributed by atoms with E-state index in [0.29, 0.717) is 0 Å². The van der Waals surface area contributed by atoms with Gasteiger partial charge in [-0.05, 0) is 110 Å². The molecule has 0 fully saturated rings. The summed E-state index contributed by atoms with van der Waals surface area (Å²) in [7, 11) is 0. The van der Waals surface area contributed by atoms with E-state index in [9.17, 15) is 0 Å². The number of thiophene rings is 2. The lowest BCUT2D eigenvalue weighted by atomic mass is 9.86. The van der Waals surface area contributed by atoms with Crippen molar-refractivity contribution < 1.29 is 0 Å². The van der Waals surface area contributed by atoms with Gasteiger partial charge in [-0.2, -0.15) is 0 Å². The Bertz CT molecular complexity index is 2760.